The van der Waals surface area contributed by atoms with Crippen LogP contribution in [0.2, 0.25) is 5.02 Å². The SMILES string of the molecule is O=C(C[C@@H]1CC=CCCC(=O)N[C@H](c2ccccc2)COC1=O)NCc1ccc(Cl)cc1. The molecule has 1 aliphatic rings. The molecule has 0 unspecified atom stereocenters. The molecule has 2 aromatic rings. The van der Waals surface area contributed by atoms with Crippen molar-refractivity contribution < 1.29 is 19.1 Å². The maximum Gasteiger partial charge on any atom is 0.309 e. The van der Waals surface area contributed by atoms with E-state index in [9.17, 15) is 14.4 Å². The van der Waals surface area contributed by atoms with Crippen LogP contribution in [0.25, 0.3) is 0 Å². The maximum absolute atomic E-state index is 12.8. The van der Waals surface area contributed by atoms with Crippen LogP contribution >= 0.6 is 11.6 Å². The van der Waals surface area contributed by atoms with Crippen molar-refractivity contribution in [3.63, 3.8) is 0 Å². The molecule has 7 heteroatoms. The monoisotopic (exact) mass is 454 g/mol. The molecule has 0 saturated carbocycles. The third-order valence-electron chi connectivity index (χ3n) is 5.22. The van der Waals surface area contributed by atoms with Crippen molar-refractivity contribution in [2.24, 2.45) is 5.92 Å². The summed E-state index contributed by atoms with van der Waals surface area (Å²) < 4.78 is 5.54. The van der Waals surface area contributed by atoms with Crippen LogP contribution in [0.3, 0.4) is 0 Å². The fraction of sp³-hybridized carbons (Fsp3) is 0.320. The summed E-state index contributed by atoms with van der Waals surface area (Å²) in [5, 5.41) is 6.41. The quantitative estimate of drug-likeness (QED) is 0.526. The summed E-state index contributed by atoms with van der Waals surface area (Å²) in [5.41, 5.74) is 1.78. The van der Waals surface area contributed by atoms with Crippen LogP contribution < -0.4 is 10.6 Å². The zero-order valence-corrected chi connectivity index (χ0v) is 18.5. The van der Waals surface area contributed by atoms with E-state index >= 15 is 0 Å². The second kappa shape index (κ2) is 12.1. The summed E-state index contributed by atoms with van der Waals surface area (Å²) in [5.74, 6) is -1.37. The first-order valence-electron chi connectivity index (χ1n) is 10.7. The number of rotatable bonds is 5. The Kier molecular flexibility index (Phi) is 8.87. The Morgan fingerprint density at radius 2 is 1.81 bits per heavy atom. The number of ether oxygens (including phenoxy) is 1. The molecule has 168 valence electrons. The molecule has 6 nitrogen and oxygen atoms in total. The molecule has 0 radical (unpaired) electrons. The number of carbonyl (C=O) groups is 3. The first-order valence-corrected chi connectivity index (χ1v) is 11.1. The number of esters is 1. The summed E-state index contributed by atoms with van der Waals surface area (Å²) in [6.45, 7) is 0.372. The summed E-state index contributed by atoms with van der Waals surface area (Å²) in [6, 6.07) is 16.2. The summed E-state index contributed by atoms with van der Waals surface area (Å²) in [6.07, 6.45) is 5.02. The van der Waals surface area contributed by atoms with Crippen molar-refractivity contribution in [2.75, 3.05) is 6.61 Å². The van der Waals surface area contributed by atoms with Gasteiger partial charge in [0.25, 0.3) is 0 Å². The molecule has 2 atom stereocenters. The Morgan fingerprint density at radius 1 is 1.06 bits per heavy atom. The van der Waals surface area contributed by atoms with Gasteiger partial charge in [-0.25, -0.2) is 0 Å². The van der Waals surface area contributed by atoms with Crippen LogP contribution in [0.5, 0.6) is 0 Å². The van der Waals surface area contributed by atoms with Gasteiger partial charge in [0.15, 0.2) is 0 Å². The highest BCUT2D eigenvalue weighted by Crippen LogP contribution is 2.18. The van der Waals surface area contributed by atoms with E-state index in [0.29, 0.717) is 30.8 Å². The fourth-order valence-corrected chi connectivity index (χ4v) is 3.54. The van der Waals surface area contributed by atoms with Gasteiger partial charge in [0, 0.05) is 24.4 Å². The summed E-state index contributed by atoms with van der Waals surface area (Å²) in [7, 11) is 0. The molecule has 0 bridgehead atoms. The second-order valence-electron chi connectivity index (χ2n) is 7.71. The Hall–Kier alpha value is -3.12. The number of hydrogen-bond acceptors (Lipinski definition) is 4. The average molecular weight is 455 g/mol. The molecule has 0 spiro atoms. The Bertz CT molecular complexity index is 944. The molecule has 0 saturated heterocycles. The molecule has 0 aromatic heterocycles. The molecular weight excluding hydrogens is 428 g/mol. The van der Waals surface area contributed by atoms with Crippen molar-refractivity contribution in [3.8, 4) is 0 Å². The lowest BCUT2D eigenvalue weighted by Crippen LogP contribution is -2.34. The molecule has 2 amide bonds. The van der Waals surface area contributed by atoms with Crippen molar-refractivity contribution in [1.82, 2.24) is 10.6 Å². The highest BCUT2D eigenvalue weighted by molar-refractivity contribution is 6.30. The minimum Gasteiger partial charge on any atom is -0.463 e. The van der Waals surface area contributed by atoms with Gasteiger partial charge in [-0.3, -0.25) is 14.4 Å². The van der Waals surface area contributed by atoms with Crippen molar-refractivity contribution in [1.29, 1.82) is 0 Å². The van der Waals surface area contributed by atoms with Gasteiger partial charge in [0.05, 0.1) is 12.0 Å². The van der Waals surface area contributed by atoms with E-state index in [1.807, 2.05) is 54.6 Å². The van der Waals surface area contributed by atoms with Crippen LogP contribution in [-0.4, -0.2) is 24.4 Å². The lowest BCUT2D eigenvalue weighted by atomic mass is 9.99. The highest BCUT2D eigenvalue weighted by Gasteiger charge is 2.25. The van der Waals surface area contributed by atoms with Crippen molar-refractivity contribution in [3.05, 3.63) is 82.9 Å². The predicted octanol–water partition coefficient (Wildman–Crippen LogP) is 4.10. The van der Waals surface area contributed by atoms with Gasteiger partial charge in [-0.2, -0.15) is 0 Å². The molecule has 2 aromatic carbocycles. The number of amides is 2. The van der Waals surface area contributed by atoms with Gasteiger partial charge in [-0.15, -0.1) is 0 Å². The van der Waals surface area contributed by atoms with E-state index in [1.165, 1.54) is 0 Å². The fourth-order valence-electron chi connectivity index (χ4n) is 3.41. The molecular formula is C25H27ClN2O4. The Balaban J connectivity index is 1.62. The van der Waals surface area contributed by atoms with Crippen LogP contribution in [0.15, 0.2) is 66.7 Å². The number of hydrogen-bond donors (Lipinski definition) is 2. The van der Waals surface area contributed by atoms with E-state index in [0.717, 1.165) is 11.1 Å². The van der Waals surface area contributed by atoms with E-state index in [-0.39, 0.29) is 24.8 Å². The van der Waals surface area contributed by atoms with Crippen molar-refractivity contribution >= 4 is 29.4 Å². The topological polar surface area (TPSA) is 84.5 Å². The zero-order valence-electron chi connectivity index (χ0n) is 17.8. The minimum atomic E-state index is -0.594. The lowest BCUT2D eigenvalue weighted by molar-refractivity contribution is -0.151. The number of cyclic esters (lactones) is 1. The number of carbonyl (C=O) groups excluding carboxylic acids is 3. The third-order valence-corrected chi connectivity index (χ3v) is 5.47. The largest absolute Gasteiger partial charge is 0.463 e. The smallest absolute Gasteiger partial charge is 0.309 e. The van der Waals surface area contributed by atoms with E-state index in [2.05, 4.69) is 10.6 Å². The molecule has 32 heavy (non-hydrogen) atoms. The van der Waals surface area contributed by atoms with Crippen LogP contribution in [0.1, 0.15) is 42.9 Å². The minimum absolute atomic E-state index is 0.0151. The predicted molar refractivity (Wildman–Crippen MR) is 123 cm³/mol. The van der Waals surface area contributed by atoms with Gasteiger partial charge in [0.2, 0.25) is 11.8 Å². The first kappa shape index (κ1) is 23.5. The highest BCUT2D eigenvalue weighted by atomic mass is 35.5. The van der Waals surface area contributed by atoms with Crippen LogP contribution in [0, 0.1) is 5.92 Å². The van der Waals surface area contributed by atoms with E-state index in [1.54, 1.807) is 12.1 Å². The standard InChI is InChI=1S/C25H27ClN2O4/c26-21-13-11-18(12-14-21)16-27-24(30)15-20-9-5-2-6-10-23(29)28-22(17-32-25(20)31)19-7-3-1-4-8-19/h1-5,7-8,11-14,20,22H,6,9-10,15-17H2,(H,27,30)(H,28,29)/t20-,22-/m0/s1. The normalized spacial score (nSPS) is 19.8. The van der Waals surface area contributed by atoms with Crippen molar-refractivity contribution in [2.45, 2.75) is 38.3 Å². The maximum atomic E-state index is 12.8. The van der Waals surface area contributed by atoms with Gasteiger partial charge < -0.3 is 15.4 Å². The van der Waals surface area contributed by atoms with Gasteiger partial charge >= 0.3 is 5.97 Å². The Labute approximate surface area is 193 Å². The summed E-state index contributed by atoms with van der Waals surface area (Å²) in [4.78, 5) is 37.5. The molecule has 0 aliphatic carbocycles. The molecule has 1 aliphatic heterocycles. The number of allylic oxidation sites excluding steroid dienone is 2. The number of benzene rings is 2. The molecule has 0 fully saturated rings. The molecule has 3 rings (SSSR count). The van der Waals surface area contributed by atoms with E-state index in [4.69, 9.17) is 16.3 Å². The Morgan fingerprint density at radius 3 is 2.56 bits per heavy atom. The van der Waals surface area contributed by atoms with Gasteiger partial charge in [0.1, 0.15) is 6.61 Å². The lowest BCUT2D eigenvalue weighted by Gasteiger charge is -2.22. The molecule has 1 heterocycles. The third kappa shape index (κ3) is 7.54. The number of nitrogens with one attached hydrogen (secondary N) is 2. The first-order chi connectivity index (χ1) is 15.5. The van der Waals surface area contributed by atoms with Gasteiger partial charge in [-0.05, 0) is 36.1 Å². The zero-order chi connectivity index (χ0) is 22.8. The van der Waals surface area contributed by atoms with Gasteiger partial charge in [-0.1, -0.05) is 66.2 Å². The van der Waals surface area contributed by atoms with Crippen LogP contribution in [0.4, 0.5) is 0 Å². The van der Waals surface area contributed by atoms with E-state index < -0.39 is 17.9 Å². The van der Waals surface area contributed by atoms with Crippen LogP contribution in [-0.2, 0) is 25.7 Å². The second-order valence-corrected chi connectivity index (χ2v) is 8.15. The molecule has 2 N–H and O–H groups in total. The number of halogens is 1. The average Bonchev–Trinajstić information content (AvgIpc) is 2.80. The summed E-state index contributed by atoms with van der Waals surface area (Å²) >= 11 is 5.88.